The molecule has 178 valence electrons. The topological polar surface area (TPSA) is 84.3 Å². The van der Waals surface area contributed by atoms with Gasteiger partial charge in [0.2, 0.25) is 15.9 Å². The van der Waals surface area contributed by atoms with E-state index in [-0.39, 0.29) is 29.3 Å². The highest BCUT2D eigenvalue weighted by Gasteiger charge is 2.30. The van der Waals surface area contributed by atoms with E-state index in [0.717, 1.165) is 17.6 Å². The van der Waals surface area contributed by atoms with Crippen LogP contribution in [0.1, 0.15) is 31.7 Å². The van der Waals surface area contributed by atoms with E-state index in [1.54, 1.807) is 37.6 Å². The van der Waals surface area contributed by atoms with Crippen LogP contribution >= 0.6 is 0 Å². The zero-order valence-corrected chi connectivity index (χ0v) is 19.3. The van der Waals surface area contributed by atoms with Gasteiger partial charge in [-0.2, -0.15) is 17.5 Å². The Hall–Kier alpha value is -2.92. The van der Waals surface area contributed by atoms with Crippen molar-refractivity contribution in [3.05, 3.63) is 53.9 Å². The highest BCUT2D eigenvalue weighted by molar-refractivity contribution is 7.89. The lowest BCUT2D eigenvalue weighted by molar-refractivity contribution is -0.137. The Bertz CT molecular complexity index is 1250. The number of alkyl halides is 3. The highest BCUT2D eigenvalue weighted by atomic mass is 32.2. The summed E-state index contributed by atoms with van der Waals surface area (Å²) in [6.45, 7) is 4.26. The van der Waals surface area contributed by atoms with Gasteiger partial charge in [0.25, 0.3) is 0 Å². The van der Waals surface area contributed by atoms with E-state index in [9.17, 15) is 26.4 Å². The number of hydrogen-bond acceptors (Lipinski definition) is 4. The van der Waals surface area contributed by atoms with Gasteiger partial charge >= 0.3 is 6.18 Å². The van der Waals surface area contributed by atoms with Crippen molar-refractivity contribution in [2.45, 2.75) is 37.8 Å². The summed E-state index contributed by atoms with van der Waals surface area (Å²) in [6, 6.07) is 8.97. The third-order valence-corrected chi connectivity index (χ3v) is 7.41. The molecule has 3 aromatic rings. The summed E-state index contributed by atoms with van der Waals surface area (Å²) in [4.78, 5) is 16.9. The number of sulfonamides is 1. The first kappa shape index (κ1) is 24.7. The van der Waals surface area contributed by atoms with Crippen molar-refractivity contribution in [2.24, 2.45) is 7.05 Å². The number of carbonyl (C=O) groups is 1. The number of anilines is 1. The van der Waals surface area contributed by atoms with Crippen molar-refractivity contribution in [1.29, 1.82) is 0 Å². The number of benzene rings is 2. The van der Waals surface area contributed by atoms with Crippen LogP contribution in [-0.2, 0) is 34.5 Å². The SMILES string of the molecule is CCN(CC)S(=O)(=O)c1ccc2c(c1)nc(CCC(=O)Nc1ccc(C(F)(F)F)cc1)n2C. The predicted molar refractivity (Wildman–Crippen MR) is 119 cm³/mol. The molecule has 0 radical (unpaired) electrons. The number of aryl methyl sites for hydroxylation is 2. The number of amides is 1. The molecule has 0 atom stereocenters. The van der Waals surface area contributed by atoms with Gasteiger partial charge in [-0.3, -0.25) is 4.79 Å². The van der Waals surface area contributed by atoms with E-state index in [1.807, 2.05) is 0 Å². The monoisotopic (exact) mass is 482 g/mol. The predicted octanol–water partition coefficient (Wildman–Crippen LogP) is 4.19. The number of nitrogens with one attached hydrogen (secondary N) is 1. The molecule has 0 aliphatic heterocycles. The molecule has 1 heterocycles. The first-order valence-corrected chi connectivity index (χ1v) is 11.8. The minimum absolute atomic E-state index is 0.0583. The molecule has 0 aliphatic carbocycles. The molecule has 1 amide bonds. The molecule has 3 rings (SSSR count). The van der Waals surface area contributed by atoms with Crippen LogP contribution in [0.5, 0.6) is 0 Å². The van der Waals surface area contributed by atoms with Gasteiger partial charge in [0.1, 0.15) is 5.82 Å². The van der Waals surface area contributed by atoms with Crippen LogP contribution in [-0.4, -0.2) is 41.3 Å². The van der Waals surface area contributed by atoms with Crippen LogP contribution in [0.4, 0.5) is 18.9 Å². The Balaban J connectivity index is 1.72. The molecule has 33 heavy (non-hydrogen) atoms. The number of aromatic nitrogens is 2. The van der Waals surface area contributed by atoms with E-state index in [4.69, 9.17) is 0 Å². The van der Waals surface area contributed by atoms with Gasteiger partial charge in [-0.1, -0.05) is 13.8 Å². The molecule has 2 aromatic carbocycles. The maximum Gasteiger partial charge on any atom is 0.416 e. The molecule has 7 nitrogen and oxygen atoms in total. The fraction of sp³-hybridized carbons (Fsp3) is 0.364. The molecule has 0 aliphatic rings. The van der Waals surface area contributed by atoms with Crippen LogP contribution in [0.3, 0.4) is 0 Å². The second-order valence-corrected chi connectivity index (χ2v) is 9.39. The molecule has 11 heteroatoms. The van der Waals surface area contributed by atoms with E-state index in [2.05, 4.69) is 10.3 Å². The standard InChI is InChI=1S/C22H25F3N4O3S/c1-4-29(5-2)33(31,32)17-10-11-19-18(14-17)27-20(28(19)3)12-13-21(30)26-16-8-6-15(7-9-16)22(23,24)25/h6-11,14H,4-5,12-13H2,1-3H3,(H,26,30). The normalized spacial score (nSPS) is 12.5. The molecule has 0 saturated carbocycles. The van der Waals surface area contributed by atoms with Crippen LogP contribution < -0.4 is 5.32 Å². The van der Waals surface area contributed by atoms with Gasteiger partial charge < -0.3 is 9.88 Å². The van der Waals surface area contributed by atoms with Gasteiger partial charge in [0.15, 0.2) is 0 Å². The third kappa shape index (κ3) is 5.36. The minimum Gasteiger partial charge on any atom is -0.331 e. The van der Waals surface area contributed by atoms with Crippen molar-refractivity contribution in [3.8, 4) is 0 Å². The average molecular weight is 483 g/mol. The summed E-state index contributed by atoms with van der Waals surface area (Å²) in [5, 5.41) is 2.57. The maximum atomic E-state index is 12.8. The zero-order chi connectivity index (χ0) is 24.4. The van der Waals surface area contributed by atoms with Crippen molar-refractivity contribution in [1.82, 2.24) is 13.9 Å². The summed E-state index contributed by atoms with van der Waals surface area (Å²) in [6.07, 6.45) is -4.11. The number of fused-ring (bicyclic) bond motifs is 1. The molecule has 0 spiro atoms. The summed E-state index contributed by atoms with van der Waals surface area (Å²) in [5.41, 5.74) is 0.711. The van der Waals surface area contributed by atoms with Gasteiger partial charge in [0.05, 0.1) is 21.5 Å². The lowest BCUT2D eigenvalue weighted by Crippen LogP contribution is -2.30. The fourth-order valence-electron chi connectivity index (χ4n) is 3.52. The number of nitrogens with zero attached hydrogens (tertiary/aromatic N) is 3. The van der Waals surface area contributed by atoms with Crippen LogP contribution in [0.25, 0.3) is 11.0 Å². The maximum absolute atomic E-state index is 12.8. The van der Waals surface area contributed by atoms with Crippen molar-refractivity contribution >= 4 is 32.7 Å². The quantitative estimate of drug-likeness (QED) is 0.522. The Labute approximate surface area is 190 Å². The highest BCUT2D eigenvalue weighted by Crippen LogP contribution is 2.30. The average Bonchev–Trinajstić information content (AvgIpc) is 3.07. The van der Waals surface area contributed by atoms with E-state index >= 15 is 0 Å². The lowest BCUT2D eigenvalue weighted by atomic mass is 10.2. The van der Waals surface area contributed by atoms with Gasteiger partial charge in [-0.15, -0.1) is 0 Å². The number of carbonyl (C=O) groups excluding carboxylic acids is 1. The van der Waals surface area contributed by atoms with Crippen molar-refractivity contribution in [3.63, 3.8) is 0 Å². The summed E-state index contributed by atoms with van der Waals surface area (Å²) >= 11 is 0. The van der Waals surface area contributed by atoms with E-state index in [1.165, 1.54) is 22.5 Å². The van der Waals surface area contributed by atoms with Crippen LogP contribution in [0, 0.1) is 0 Å². The second kappa shape index (κ2) is 9.52. The number of hydrogen-bond donors (Lipinski definition) is 1. The summed E-state index contributed by atoms with van der Waals surface area (Å²) in [7, 11) is -1.84. The van der Waals surface area contributed by atoms with E-state index in [0.29, 0.717) is 24.4 Å². The van der Waals surface area contributed by atoms with Crippen LogP contribution in [0.2, 0.25) is 0 Å². The minimum atomic E-state index is -4.44. The van der Waals surface area contributed by atoms with Crippen molar-refractivity contribution < 1.29 is 26.4 Å². The first-order valence-electron chi connectivity index (χ1n) is 10.4. The van der Waals surface area contributed by atoms with Gasteiger partial charge in [0, 0.05) is 38.7 Å². The molecule has 0 unspecified atom stereocenters. The van der Waals surface area contributed by atoms with Crippen molar-refractivity contribution in [2.75, 3.05) is 18.4 Å². The molecule has 0 bridgehead atoms. The third-order valence-electron chi connectivity index (χ3n) is 5.36. The fourth-order valence-corrected chi connectivity index (χ4v) is 5.00. The Morgan fingerprint density at radius 1 is 1.09 bits per heavy atom. The molecule has 0 saturated heterocycles. The Morgan fingerprint density at radius 3 is 2.30 bits per heavy atom. The summed E-state index contributed by atoms with van der Waals surface area (Å²) < 4.78 is 66.6. The molecule has 1 N–H and O–H groups in total. The van der Waals surface area contributed by atoms with E-state index < -0.39 is 21.8 Å². The smallest absolute Gasteiger partial charge is 0.331 e. The number of imidazole rings is 1. The van der Waals surface area contributed by atoms with Gasteiger partial charge in [-0.25, -0.2) is 13.4 Å². The van der Waals surface area contributed by atoms with Gasteiger partial charge in [-0.05, 0) is 42.5 Å². The molecule has 1 aromatic heterocycles. The lowest BCUT2D eigenvalue weighted by Gasteiger charge is -2.18. The largest absolute Gasteiger partial charge is 0.416 e. The number of halogens is 3. The molecular weight excluding hydrogens is 457 g/mol. The van der Waals surface area contributed by atoms with Crippen LogP contribution in [0.15, 0.2) is 47.4 Å². The zero-order valence-electron chi connectivity index (χ0n) is 18.5. The second-order valence-electron chi connectivity index (χ2n) is 7.45. The summed E-state index contributed by atoms with van der Waals surface area (Å²) in [5.74, 6) is 0.219. The Morgan fingerprint density at radius 2 is 1.73 bits per heavy atom. The molecular formula is C22H25F3N4O3S. The molecule has 0 fully saturated rings. The first-order chi connectivity index (χ1) is 15.5. The Kier molecular flexibility index (Phi) is 7.13. The number of rotatable bonds is 8.